The maximum absolute atomic E-state index is 12.6. The Kier molecular flexibility index (Phi) is 5.40. The Morgan fingerprint density at radius 3 is 2.68 bits per heavy atom. The van der Waals surface area contributed by atoms with Crippen molar-refractivity contribution in [3.05, 3.63) is 89.9 Å². The van der Waals surface area contributed by atoms with E-state index in [-0.39, 0.29) is 17.3 Å². The van der Waals surface area contributed by atoms with Gasteiger partial charge in [-0.15, -0.1) is 0 Å². The van der Waals surface area contributed by atoms with E-state index in [1.807, 2.05) is 37.3 Å². The van der Waals surface area contributed by atoms with E-state index in [1.165, 1.54) is 6.20 Å². The van der Waals surface area contributed by atoms with Crippen molar-refractivity contribution in [1.82, 2.24) is 24.9 Å². The monoisotopic (exact) mass is 448 g/mol. The van der Waals surface area contributed by atoms with Crippen LogP contribution in [0.15, 0.2) is 67.4 Å². The summed E-state index contributed by atoms with van der Waals surface area (Å²) in [6.45, 7) is 1.90. The van der Waals surface area contributed by atoms with Crippen LogP contribution in [0.2, 0.25) is 0 Å². The van der Waals surface area contributed by atoms with Gasteiger partial charge in [0.25, 0.3) is 5.91 Å². The maximum atomic E-state index is 12.6. The highest BCUT2D eigenvalue weighted by Gasteiger charge is 2.45. The molecule has 1 aliphatic carbocycles. The van der Waals surface area contributed by atoms with Crippen LogP contribution in [0.3, 0.4) is 0 Å². The van der Waals surface area contributed by atoms with Crippen molar-refractivity contribution in [3.8, 4) is 17.5 Å². The summed E-state index contributed by atoms with van der Waals surface area (Å²) >= 11 is 0. The first-order valence-corrected chi connectivity index (χ1v) is 10.7. The Hall–Kier alpha value is -4.71. The van der Waals surface area contributed by atoms with Crippen LogP contribution >= 0.6 is 0 Å². The summed E-state index contributed by atoms with van der Waals surface area (Å²) in [6, 6.07) is 13.2. The number of hydrogen-bond donors (Lipinski definition) is 2. The number of anilines is 2. The van der Waals surface area contributed by atoms with Crippen LogP contribution in [-0.4, -0.2) is 30.8 Å². The van der Waals surface area contributed by atoms with Gasteiger partial charge < -0.3 is 10.6 Å². The number of nitrogens with zero attached hydrogens (tertiary/aromatic N) is 6. The Morgan fingerprint density at radius 1 is 1.03 bits per heavy atom. The van der Waals surface area contributed by atoms with Crippen molar-refractivity contribution in [2.75, 3.05) is 10.6 Å². The van der Waals surface area contributed by atoms with Gasteiger partial charge in [-0.1, -0.05) is 12.1 Å². The molecule has 0 unspecified atom stereocenters. The number of pyridine rings is 1. The maximum Gasteiger partial charge on any atom is 0.257 e. The molecule has 1 saturated carbocycles. The largest absolute Gasteiger partial charge is 0.359 e. The highest BCUT2D eigenvalue weighted by molar-refractivity contribution is 6.04. The lowest BCUT2D eigenvalue weighted by molar-refractivity contribution is 0.102. The number of amides is 1. The zero-order valence-corrected chi connectivity index (χ0v) is 18.4. The van der Waals surface area contributed by atoms with Crippen molar-refractivity contribution in [2.45, 2.75) is 25.3 Å². The number of carbonyl (C=O) groups is 1. The van der Waals surface area contributed by atoms with Gasteiger partial charge in [0.1, 0.15) is 17.6 Å². The van der Waals surface area contributed by atoms with Crippen LogP contribution in [-0.2, 0) is 5.54 Å². The molecule has 0 radical (unpaired) electrons. The van der Waals surface area contributed by atoms with Gasteiger partial charge in [-0.05, 0) is 55.2 Å². The standard InChI is InChI=1S/C25H20N8O/c1-16-9-17(13-27-12-16)24(34)30-19-4-2-3-18(10-19)25(6-7-25)33-23-15-28-14-21(32-23)20-5-8-29-22(11-26)31-20/h2-5,8-10,12-15H,6-7H2,1H3,(H,30,34)(H,32,33). The molecule has 3 aromatic heterocycles. The van der Waals surface area contributed by atoms with Crippen LogP contribution in [0.1, 0.15) is 40.2 Å². The molecule has 3 heterocycles. The molecule has 1 amide bonds. The smallest absolute Gasteiger partial charge is 0.257 e. The third kappa shape index (κ3) is 4.42. The molecule has 166 valence electrons. The molecule has 5 rings (SSSR count). The number of hydrogen-bond acceptors (Lipinski definition) is 8. The van der Waals surface area contributed by atoms with Crippen molar-refractivity contribution in [2.24, 2.45) is 0 Å². The first-order valence-electron chi connectivity index (χ1n) is 10.7. The SMILES string of the molecule is Cc1cncc(C(=O)Nc2cccc(C3(Nc4cncc(-c5ccnc(C#N)n5)n4)CC3)c2)c1. The van der Waals surface area contributed by atoms with E-state index < -0.39 is 0 Å². The predicted octanol–water partition coefficient (Wildman–Crippen LogP) is 3.86. The van der Waals surface area contributed by atoms with E-state index >= 15 is 0 Å². The number of benzene rings is 1. The van der Waals surface area contributed by atoms with Crippen LogP contribution in [0.25, 0.3) is 11.4 Å². The van der Waals surface area contributed by atoms with Gasteiger partial charge in [0.2, 0.25) is 5.82 Å². The van der Waals surface area contributed by atoms with Gasteiger partial charge in [-0.2, -0.15) is 5.26 Å². The summed E-state index contributed by atoms with van der Waals surface area (Å²) in [5.41, 5.74) is 3.99. The molecule has 1 aromatic carbocycles. The first kappa shape index (κ1) is 21.2. The number of carbonyl (C=O) groups excluding carboxylic acids is 1. The minimum absolute atomic E-state index is 0.0802. The zero-order chi connectivity index (χ0) is 23.5. The summed E-state index contributed by atoms with van der Waals surface area (Å²) in [5, 5.41) is 15.5. The number of aryl methyl sites for hydroxylation is 1. The van der Waals surface area contributed by atoms with Crippen LogP contribution in [0.5, 0.6) is 0 Å². The molecule has 1 aliphatic rings. The Balaban J connectivity index is 1.35. The molecule has 1 fully saturated rings. The number of nitriles is 1. The Morgan fingerprint density at radius 2 is 1.88 bits per heavy atom. The molecule has 0 saturated heterocycles. The number of aromatic nitrogens is 5. The molecular formula is C25H20N8O. The predicted molar refractivity (Wildman–Crippen MR) is 126 cm³/mol. The average molecular weight is 448 g/mol. The zero-order valence-electron chi connectivity index (χ0n) is 18.4. The molecule has 0 aliphatic heterocycles. The highest BCUT2D eigenvalue weighted by atomic mass is 16.1. The molecule has 4 aromatic rings. The average Bonchev–Trinajstić information content (AvgIpc) is 3.65. The third-order valence-electron chi connectivity index (χ3n) is 5.58. The van der Waals surface area contributed by atoms with Crippen LogP contribution < -0.4 is 10.6 Å². The van der Waals surface area contributed by atoms with E-state index in [1.54, 1.807) is 36.9 Å². The number of rotatable bonds is 6. The van der Waals surface area contributed by atoms with Gasteiger partial charge in [0.05, 0.1) is 29.2 Å². The first-order chi connectivity index (χ1) is 16.5. The van der Waals surface area contributed by atoms with Crippen molar-refractivity contribution in [1.29, 1.82) is 5.26 Å². The third-order valence-corrected chi connectivity index (χ3v) is 5.58. The molecule has 2 N–H and O–H groups in total. The lowest BCUT2D eigenvalue weighted by Gasteiger charge is -2.20. The van der Waals surface area contributed by atoms with Crippen molar-refractivity contribution < 1.29 is 4.79 Å². The van der Waals surface area contributed by atoms with Gasteiger partial charge in [0.15, 0.2) is 0 Å². The summed E-state index contributed by atoms with van der Waals surface area (Å²) in [5.74, 6) is 0.482. The van der Waals surface area contributed by atoms with E-state index in [0.29, 0.717) is 28.5 Å². The minimum Gasteiger partial charge on any atom is -0.359 e. The van der Waals surface area contributed by atoms with E-state index in [2.05, 4.69) is 35.6 Å². The van der Waals surface area contributed by atoms with Crippen LogP contribution in [0.4, 0.5) is 11.5 Å². The summed E-state index contributed by atoms with van der Waals surface area (Å²) in [4.78, 5) is 33.7. The summed E-state index contributed by atoms with van der Waals surface area (Å²) < 4.78 is 0. The second-order valence-corrected chi connectivity index (χ2v) is 8.16. The van der Waals surface area contributed by atoms with Gasteiger partial charge in [0, 0.05) is 24.3 Å². The fourth-order valence-electron chi connectivity index (χ4n) is 3.74. The molecule has 9 nitrogen and oxygen atoms in total. The fraction of sp³-hybridized carbons (Fsp3) is 0.160. The summed E-state index contributed by atoms with van der Waals surface area (Å²) in [7, 11) is 0. The minimum atomic E-state index is -0.289. The summed E-state index contributed by atoms with van der Waals surface area (Å²) in [6.07, 6.45) is 9.90. The van der Waals surface area contributed by atoms with E-state index in [4.69, 9.17) is 5.26 Å². The second kappa shape index (κ2) is 8.67. The quantitative estimate of drug-likeness (QED) is 0.455. The lowest BCUT2D eigenvalue weighted by atomic mass is 10.0. The van der Waals surface area contributed by atoms with Gasteiger partial charge in [-0.3, -0.25) is 14.8 Å². The van der Waals surface area contributed by atoms with Crippen molar-refractivity contribution in [3.63, 3.8) is 0 Å². The van der Waals surface area contributed by atoms with Gasteiger partial charge >= 0.3 is 0 Å². The van der Waals surface area contributed by atoms with E-state index in [9.17, 15) is 4.79 Å². The van der Waals surface area contributed by atoms with Crippen LogP contribution in [0, 0.1) is 18.3 Å². The fourth-order valence-corrected chi connectivity index (χ4v) is 3.74. The molecule has 9 heteroatoms. The topological polar surface area (TPSA) is 129 Å². The molecule has 0 spiro atoms. The second-order valence-electron chi connectivity index (χ2n) is 8.16. The molecule has 0 atom stereocenters. The molecular weight excluding hydrogens is 428 g/mol. The Bertz CT molecular complexity index is 1420. The highest BCUT2D eigenvalue weighted by Crippen LogP contribution is 2.48. The van der Waals surface area contributed by atoms with E-state index in [0.717, 1.165) is 24.0 Å². The number of nitrogens with one attached hydrogen (secondary N) is 2. The Labute approximate surface area is 196 Å². The normalized spacial score (nSPS) is 13.5. The van der Waals surface area contributed by atoms with Crippen molar-refractivity contribution >= 4 is 17.4 Å². The lowest BCUT2D eigenvalue weighted by Crippen LogP contribution is -2.20. The van der Waals surface area contributed by atoms with Gasteiger partial charge in [-0.25, -0.2) is 15.0 Å². The molecule has 34 heavy (non-hydrogen) atoms. The molecule has 0 bridgehead atoms.